The Balaban J connectivity index is 0.000000515. The second-order valence-corrected chi connectivity index (χ2v) is 9.16. The van der Waals surface area contributed by atoms with Crippen molar-refractivity contribution in [1.82, 2.24) is 0 Å². The summed E-state index contributed by atoms with van der Waals surface area (Å²) in [6.07, 6.45) is 0.0256. The molecule has 0 heterocycles. The molecular formula is C20H17Cl4NO10. The number of hydrogen-bond acceptors (Lipinski definition) is 7. The lowest BCUT2D eigenvalue weighted by molar-refractivity contribution is -0.384. The number of benzene rings is 2. The lowest BCUT2D eigenvalue weighted by Crippen LogP contribution is -2.27. The van der Waals surface area contributed by atoms with E-state index in [0.29, 0.717) is 5.02 Å². The smallest absolute Gasteiger partial charge is 0.376 e. The van der Waals surface area contributed by atoms with E-state index in [1.54, 1.807) is 19.1 Å². The van der Waals surface area contributed by atoms with Crippen LogP contribution in [0, 0.1) is 10.1 Å². The van der Waals surface area contributed by atoms with Gasteiger partial charge in [0.2, 0.25) is 0 Å². The van der Waals surface area contributed by atoms with Crippen LogP contribution < -0.4 is 0 Å². The minimum atomic E-state index is -2.34. The van der Waals surface area contributed by atoms with E-state index >= 15 is 0 Å². The van der Waals surface area contributed by atoms with Gasteiger partial charge in [0.05, 0.1) is 11.3 Å². The van der Waals surface area contributed by atoms with E-state index in [1.807, 2.05) is 0 Å². The molecule has 0 aromatic heterocycles. The van der Waals surface area contributed by atoms with Gasteiger partial charge in [-0.2, -0.15) is 0 Å². The van der Waals surface area contributed by atoms with Crippen LogP contribution in [0.5, 0.6) is 5.75 Å². The average Bonchev–Trinajstić information content (AvgIpc) is 2.72. The standard InChI is InChI=1S/C10H11NO4.C7H5ClO3.C3HCl3O3/c1-7(6-10(12)13)8-2-4-9(5-3-8)11(14)15;8-4-1-2-5(7(10)11)6(9)3-4;4-3(5,6)1(7)2(8)9/h2-5,7H,6H2,1H3,(H,12,13);1-3,9H,(H,10,11);(H,8,9). The monoisotopic (exact) mass is 571 g/mol. The number of carboxylic acid groups (broad SMARTS) is 3. The molecule has 0 saturated carbocycles. The van der Waals surface area contributed by atoms with Gasteiger partial charge in [-0.15, -0.1) is 0 Å². The van der Waals surface area contributed by atoms with E-state index < -0.39 is 32.4 Å². The zero-order valence-electron chi connectivity index (χ0n) is 17.5. The summed E-state index contributed by atoms with van der Waals surface area (Å²) in [7, 11) is 0. The number of nitrogens with zero attached hydrogens (tertiary/aromatic N) is 1. The lowest BCUT2D eigenvalue weighted by Gasteiger charge is -2.07. The van der Waals surface area contributed by atoms with Crippen LogP contribution in [0.2, 0.25) is 5.02 Å². The van der Waals surface area contributed by atoms with Crippen molar-refractivity contribution in [2.24, 2.45) is 0 Å². The largest absolute Gasteiger partial charge is 0.507 e. The molecule has 0 spiro atoms. The fraction of sp³-hybridized carbons (Fsp3) is 0.200. The summed E-state index contributed by atoms with van der Waals surface area (Å²) < 4.78 is -2.34. The fourth-order valence-electron chi connectivity index (χ4n) is 2.11. The van der Waals surface area contributed by atoms with Crippen molar-refractivity contribution in [3.05, 3.63) is 68.7 Å². The van der Waals surface area contributed by atoms with Crippen LogP contribution in [0.3, 0.4) is 0 Å². The van der Waals surface area contributed by atoms with Gasteiger partial charge in [-0.05, 0) is 29.7 Å². The van der Waals surface area contributed by atoms with Gasteiger partial charge in [0, 0.05) is 17.2 Å². The van der Waals surface area contributed by atoms with Gasteiger partial charge in [-0.1, -0.05) is 65.5 Å². The number of carbonyl (C=O) groups is 4. The highest BCUT2D eigenvalue weighted by molar-refractivity contribution is 6.81. The summed E-state index contributed by atoms with van der Waals surface area (Å²) in [5, 5.41) is 44.6. The van der Waals surface area contributed by atoms with Crippen LogP contribution in [0.25, 0.3) is 0 Å². The van der Waals surface area contributed by atoms with Crippen molar-refractivity contribution in [2.75, 3.05) is 0 Å². The number of aromatic hydroxyl groups is 1. The Kier molecular flexibility index (Phi) is 13.0. The summed E-state index contributed by atoms with van der Waals surface area (Å²) in [5.74, 6) is -5.70. The summed E-state index contributed by atoms with van der Waals surface area (Å²) in [6, 6.07) is 9.79. The molecular weight excluding hydrogens is 556 g/mol. The number of carboxylic acids is 3. The maximum Gasteiger partial charge on any atom is 0.376 e. The van der Waals surface area contributed by atoms with Gasteiger partial charge in [0.1, 0.15) is 11.3 Å². The number of nitro groups is 1. The number of ketones is 1. The first kappa shape index (κ1) is 31.9. The third kappa shape index (κ3) is 12.2. The predicted molar refractivity (Wildman–Crippen MR) is 127 cm³/mol. The molecule has 0 radical (unpaired) electrons. The van der Waals surface area contributed by atoms with Gasteiger partial charge in [0.15, 0.2) is 0 Å². The van der Waals surface area contributed by atoms with E-state index in [-0.39, 0.29) is 29.3 Å². The Hall–Kier alpha value is -3.12. The molecule has 1 unspecified atom stereocenters. The van der Waals surface area contributed by atoms with Crippen molar-refractivity contribution in [2.45, 2.75) is 23.1 Å². The Morgan fingerprint density at radius 1 is 1.00 bits per heavy atom. The Bertz CT molecular complexity index is 1080. The maximum absolute atomic E-state index is 10.4. The first-order chi connectivity index (χ1) is 16.0. The summed E-state index contributed by atoms with van der Waals surface area (Å²) in [6.45, 7) is 1.77. The quantitative estimate of drug-likeness (QED) is 0.159. The number of Topliss-reactive ketones (excluding diaryl/α,β-unsaturated/α-hetero) is 1. The molecule has 0 aliphatic carbocycles. The summed E-state index contributed by atoms with van der Waals surface area (Å²) in [5.41, 5.74) is 0.665. The number of carbonyl (C=O) groups excluding carboxylic acids is 1. The highest BCUT2D eigenvalue weighted by Gasteiger charge is 2.36. The SMILES string of the molecule is CC(CC(=O)O)c1ccc([N+](=O)[O-])cc1.O=C(O)C(=O)C(Cl)(Cl)Cl.O=C(O)c1ccc(Cl)cc1O. The van der Waals surface area contributed by atoms with E-state index in [1.165, 1.54) is 30.3 Å². The molecule has 2 aromatic rings. The zero-order valence-corrected chi connectivity index (χ0v) is 20.5. The molecule has 0 aliphatic heterocycles. The van der Waals surface area contributed by atoms with Crippen LogP contribution in [-0.4, -0.2) is 52.8 Å². The first-order valence-electron chi connectivity index (χ1n) is 8.99. The number of alkyl halides is 3. The van der Waals surface area contributed by atoms with Gasteiger partial charge in [0.25, 0.3) is 15.3 Å². The number of nitro benzene ring substituents is 1. The lowest BCUT2D eigenvalue weighted by atomic mass is 9.98. The van der Waals surface area contributed by atoms with Gasteiger partial charge in [-0.25, -0.2) is 9.59 Å². The van der Waals surface area contributed by atoms with Crippen LogP contribution >= 0.6 is 46.4 Å². The minimum Gasteiger partial charge on any atom is -0.507 e. The number of non-ortho nitro benzene ring substituents is 1. The summed E-state index contributed by atoms with van der Waals surface area (Å²) >= 11 is 20.1. The van der Waals surface area contributed by atoms with Crippen molar-refractivity contribution >= 4 is 75.8 Å². The number of aliphatic carboxylic acids is 2. The fourth-order valence-corrected chi connectivity index (χ4v) is 2.52. The van der Waals surface area contributed by atoms with Crippen molar-refractivity contribution < 1.29 is 44.5 Å². The second kappa shape index (κ2) is 14.3. The van der Waals surface area contributed by atoms with E-state index in [2.05, 4.69) is 0 Å². The van der Waals surface area contributed by atoms with Crippen LogP contribution in [0.4, 0.5) is 5.69 Å². The first-order valence-corrected chi connectivity index (χ1v) is 10.5. The molecule has 0 saturated heterocycles. The van der Waals surface area contributed by atoms with Gasteiger partial charge < -0.3 is 20.4 Å². The molecule has 0 bridgehead atoms. The van der Waals surface area contributed by atoms with Crippen molar-refractivity contribution in [3.8, 4) is 5.75 Å². The molecule has 35 heavy (non-hydrogen) atoms. The molecule has 0 aliphatic rings. The maximum atomic E-state index is 10.4. The Morgan fingerprint density at radius 2 is 1.51 bits per heavy atom. The number of phenols is 1. The molecule has 190 valence electrons. The van der Waals surface area contributed by atoms with Crippen LogP contribution in [0.15, 0.2) is 42.5 Å². The topological polar surface area (TPSA) is 192 Å². The molecule has 4 N–H and O–H groups in total. The number of hydrogen-bond donors (Lipinski definition) is 4. The molecule has 0 amide bonds. The predicted octanol–water partition coefficient (Wildman–Crippen LogP) is 4.93. The molecule has 1 atom stereocenters. The Labute approximate surface area is 217 Å². The van der Waals surface area contributed by atoms with Crippen molar-refractivity contribution in [1.29, 1.82) is 0 Å². The Morgan fingerprint density at radius 3 is 1.83 bits per heavy atom. The van der Waals surface area contributed by atoms with Crippen LogP contribution in [-0.2, 0) is 14.4 Å². The third-order valence-corrected chi connectivity index (χ3v) is 4.55. The molecule has 0 fully saturated rings. The molecule has 2 aromatic carbocycles. The normalized spacial score (nSPS) is 11.0. The molecule has 11 nitrogen and oxygen atoms in total. The molecule has 15 heteroatoms. The van der Waals surface area contributed by atoms with Gasteiger partial charge >= 0.3 is 17.9 Å². The average molecular weight is 573 g/mol. The molecule has 2 rings (SSSR count). The second-order valence-electron chi connectivity index (χ2n) is 6.45. The number of rotatable bonds is 6. The van der Waals surface area contributed by atoms with Crippen LogP contribution in [0.1, 0.15) is 35.2 Å². The van der Waals surface area contributed by atoms with Crippen molar-refractivity contribution in [3.63, 3.8) is 0 Å². The van der Waals surface area contributed by atoms with E-state index in [9.17, 15) is 29.3 Å². The van der Waals surface area contributed by atoms with E-state index in [4.69, 9.17) is 66.8 Å². The number of aromatic carboxylic acids is 1. The number of halogens is 4. The van der Waals surface area contributed by atoms with E-state index in [0.717, 1.165) is 5.56 Å². The minimum absolute atomic E-state index is 0.0151. The third-order valence-electron chi connectivity index (χ3n) is 3.80. The summed E-state index contributed by atoms with van der Waals surface area (Å²) in [4.78, 5) is 50.6. The zero-order chi connectivity index (χ0) is 27.5. The highest BCUT2D eigenvalue weighted by Crippen LogP contribution is 2.26. The van der Waals surface area contributed by atoms with Gasteiger partial charge in [-0.3, -0.25) is 19.7 Å². The highest BCUT2D eigenvalue weighted by atomic mass is 35.6.